The van der Waals surface area contributed by atoms with Gasteiger partial charge in [-0.2, -0.15) is 0 Å². The molecule has 2 aromatic rings. The van der Waals surface area contributed by atoms with Crippen molar-refractivity contribution < 1.29 is 13.2 Å². The molecule has 1 fully saturated rings. The van der Waals surface area contributed by atoms with Crippen LogP contribution in [0.2, 0.25) is 0 Å². The smallest absolute Gasteiger partial charge is 0.240 e. The van der Waals surface area contributed by atoms with Gasteiger partial charge in [0.15, 0.2) is 0 Å². The van der Waals surface area contributed by atoms with Crippen LogP contribution in [0.25, 0.3) is 10.8 Å². The van der Waals surface area contributed by atoms with Crippen LogP contribution in [-0.2, 0) is 14.8 Å². The molecule has 0 saturated carbocycles. The number of sulfonamides is 1. The number of amides is 1. The molecule has 6 nitrogen and oxygen atoms in total. The average molecular weight is 375 g/mol. The van der Waals surface area contributed by atoms with Gasteiger partial charge in [-0.1, -0.05) is 30.3 Å². The van der Waals surface area contributed by atoms with Crippen molar-refractivity contribution in [3.63, 3.8) is 0 Å². The summed E-state index contributed by atoms with van der Waals surface area (Å²) in [4.78, 5) is 14.3. The zero-order valence-corrected chi connectivity index (χ0v) is 15.8. The van der Waals surface area contributed by atoms with Crippen molar-refractivity contribution in [1.29, 1.82) is 0 Å². The third kappa shape index (κ3) is 4.41. The number of nitrogens with zero attached hydrogens (tertiary/aromatic N) is 1. The van der Waals surface area contributed by atoms with Gasteiger partial charge in [0.2, 0.25) is 15.9 Å². The van der Waals surface area contributed by atoms with Gasteiger partial charge in [-0.3, -0.25) is 4.79 Å². The minimum absolute atomic E-state index is 0.0295. The van der Waals surface area contributed by atoms with Crippen molar-refractivity contribution in [2.75, 3.05) is 26.7 Å². The molecule has 0 bridgehead atoms. The molecule has 0 spiro atoms. The van der Waals surface area contributed by atoms with Crippen molar-refractivity contribution in [3.8, 4) is 0 Å². The van der Waals surface area contributed by atoms with Gasteiger partial charge in [0, 0.05) is 26.1 Å². The van der Waals surface area contributed by atoms with Crippen molar-refractivity contribution in [3.05, 3.63) is 42.5 Å². The van der Waals surface area contributed by atoms with Gasteiger partial charge < -0.3 is 10.2 Å². The number of carbonyl (C=O) groups excluding carboxylic acids is 1. The van der Waals surface area contributed by atoms with E-state index in [1.54, 1.807) is 30.1 Å². The van der Waals surface area contributed by atoms with E-state index in [4.69, 9.17) is 0 Å². The topological polar surface area (TPSA) is 78.5 Å². The molecule has 0 unspecified atom stereocenters. The number of benzene rings is 2. The fourth-order valence-electron chi connectivity index (χ4n) is 3.28. The average Bonchev–Trinajstić information content (AvgIpc) is 2.67. The lowest BCUT2D eigenvalue weighted by atomic mass is 10.1. The number of fused-ring (bicyclic) bond motifs is 1. The van der Waals surface area contributed by atoms with Crippen molar-refractivity contribution in [1.82, 2.24) is 14.9 Å². The van der Waals surface area contributed by atoms with E-state index in [0.717, 1.165) is 36.7 Å². The lowest BCUT2D eigenvalue weighted by Gasteiger charge is -2.31. The van der Waals surface area contributed by atoms with Gasteiger partial charge in [-0.25, -0.2) is 13.1 Å². The summed E-state index contributed by atoms with van der Waals surface area (Å²) in [5, 5.41) is 5.14. The lowest BCUT2D eigenvalue weighted by Crippen LogP contribution is -2.44. The first kappa shape index (κ1) is 18.8. The van der Waals surface area contributed by atoms with E-state index in [1.165, 1.54) is 0 Å². The molecule has 0 atom stereocenters. The van der Waals surface area contributed by atoms with E-state index in [-0.39, 0.29) is 29.8 Å². The summed E-state index contributed by atoms with van der Waals surface area (Å²) in [6.45, 7) is 1.93. The van der Waals surface area contributed by atoms with E-state index in [2.05, 4.69) is 10.0 Å². The van der Waals surface area contributed by atoms with Crippen LogP contribution in [0, 0.1) is 0 Å². The molecule has 1 amide bonds. The Kier molecular flexibility index (Phi) is 5.90. The second-order valence-corrected chi connectivity index (χ2v) is 8.41. The number of rotatable bonds is 6. The van der Waals surface area contributed by atoms with E-state index in [1.807, 2.05) is 24.3 Å². The molecule has 0 radical (unpaired) electrons. The zero-order chi connectivity index (χ0) is 18.6. The van der Waals surface area contributed by atoms with Gasteiger partial charge in [0.25, 0.3) is 0 Å². The molecule has 3 rings (SSSR count). The van der Waals surface area contributed by atoms with Crippen LogP contribution < -0.4 is 10.0 Å². The van der Waals surface area contributed by atoms with Crippen LogP contribution in [0.3, 0.4) is 0 Å². The molecule has 1 saturated heterocycles. The Morgan fingerprint density at radius 1 is 1.15 bits per heavy atom. The minimum atomic E-state index is -3.63. The largest absolute Gasteiger partial charge is 0.343 e. The highest BCUT2D eigenvalue weighted by Crippen LogP contribution is 2.19. The summed E-state index contributed by atoms with van der Waals surface area (Å²) in [6, 6.07) is 12.9. The summed E-state index contributed by atoms with van der Waals surface area (Å²) in [7, 11) is -1.83. The number of hydrogen-bond acceptors (Lipinski definition) is 4. The monoisotopic (exact) mass is 375 g/mol. The van der Waals surface area contributed by atoms with Gasteiger partial charge in [0.05, 0.1) is 4.90 Å². The molecule has 1 aliphatic heterocycles. The third-order valence-corrected chi connectivity index (χ3v) is 6.37. The van der Waals surface area contributed by atoms with Gasteiger partial charge in [-0.05, 0) is 48.8 Å². The quantitative estimate of drug-likeness (QED) is 0.806. The number of nitrogens with one attached hydrogen (secondary N) is 2. The molecule has 0 aliphatic carbocycles. The van der Waals surface area contributed by atoms with Crippen molar-refractivity contribution in [2.45, 2.75) is 30.2 Å². The third-order valence-electron chi connectivity index (χ3n) is 4.91. The van der Waals surface area contributed by atoms with Gasteiger partial charge in [0.1, 0.15) is 0 Å². The SMILES string of the molecule is CN(C(=O)CCNS(=O)(=O)c1ccc2ccccc2c1)C1CCNCC1. The Labute approximate surface area is 154 Å². The highest BCUT2D eigenvalue weighted by atomic mass is 32.2. The maximum atomic E-state index is 12.5. The minimum Gasteiger partial charge on any atom is -0.343 e. The maximum Gasteiger partial charge on any atom is 0.240 e. The Morgan fingerprint density at radius 2 is 1.85 bits per heavy atom. The normalized spacial score (nSPS) is 15.9. The fourth-order valence-corrected chi connectivity index (χ4v) is 4.35. The Bertz CT molecular complexity index is 876. The number of carbonyl (C=O) groups is 1. The summed E-state index contributed by atoms with van der Waals surface area (Å²) >= 11 is 0. The van der Waals surface area contributed by atoms with Crippen LogP contribution >= 0.6 is 0 Å². The second-order valence-electron chi connectivity index (χ2n) is 6.64. The molecule has 140 valence electrons. The molecule has 1 aliphatic rings. The predicted molar refractivity (Wildman–Crippen MR) is 102 cm³/mol. The molecule has 2 N–H and O–H groups in total. The van der Waals surface area contributed by atoms with Crippen LogP contribution in [0.5, 0.6) is 0 Å². The first-order valence-corrected chi connectivity index (χ1v) is 10.4. The van der Waals surface area contributed by atoms with Gasteiger partial charge >= 0.3 is 0 Å². The van der Waals surface area contributed by atoms with Crippen LogP contribution in [0.4, 0.5) is 0 Å². The molecular weight excluding hydrogens is 350 g/mol. The van der Waals surface area contributed by atoms with Crippen LogP contribution in [0.1, 0.15) is 19.3 Å². The van der Waals surface area contributed by atoms with E-state index in [0.29, 0.717) is 0 Å². The Morgan fingerprint density at radius 3 is 2.58 bits per heavy atom. The van der Waals surface area contributed by atoms with Crippen molar-refractivity contribution in [2.24, 2.45) is 0 Å². The highest BCUT2D eigenvalue weighted by molar-refractivity contribution is 7.89. The second kappa shape index (κ2) is 8.16. The van der Waals surface area contributed by atoms with E-state index in [9.17, 15) is 13.2 Å². The molecular formula is C19H25N3O3S. The van der Waals surface area contributed by atoms with Crippen LogP contribution in [-0.4, -0.2) is 51.9 Å². The lowest BCUT2D eigenvalue weighted by molar-refractivity contribution is -0.132. The summed E-state index contributed by atoms with van der Waals surface area (Å²) in [6.07, 6.45) is 2.03. The molecule has 0 aromatic heterocycles. The zero-order valence-electron chi connectivity index (χ0n) is 14.9. The molecule has 7 heteroatoms. The summed E-state index contributed by atoms with van der Waals surface area (Å²) in [5.41, 5.74) is 0. The maximum absolute atomic E-state index is 12.5. The van der Waals surface area contributed by atoms with E-state index < -0.39 is 10.0 Å². The summed E-state index contributed by atoms with van der Waals surface area (Å²) < 4.78 is 27.5. The first-order valence-electron chi connectivity index (χ1n) is 8.92. The molecule has 1 heterocycles. The van der Waals surface area contributed by atoms with Crippen molar-refractivity contribution >= 4 is 26.7 Å². The standard InChI is InChI=1S/C19H25N3O3S/c1-22(17-8-11-20-12-9-17)19(23)10-13-21-26(24,25)18-7-6-15-4-2-3-5-16(15)14-18/h2-7,14,17,20-21H,8-13H2,1H3. The highest BCUT2D eigenvalue weighted by Gasteiger charge is 2.22. The summed E-state index contributed by atoms with van der Waals surface area (Å²) in [5.74, 6) is -0.0295. The number of hydrogen-bond donors (Lipinski definition) is 2. The Hall–Kier alpha value is -1.96. The van der Waals surface area contributed by atoms with E-state index >= 15 is 0 Å². The predicted octanol–water partition coefficient (Wildman–Crippen LogP) is 1.72. The van der Waals surface area contributed by atoms with Crippen LogP contribution in [0.15, 0.2) is 47.4 Å². The van der Waals surface area contributed by atoms with Gasteiger partial charge in [-0.15, -0.1) is 0 Å². The first-order chi connectivity index (χ1) is 12.5. The molecule has 26 heavy (non-hydrogen) atoms. The number of piperidine rings is 1. The Balaban J connectivity index is 1.58. The fraction of sp³-hybridized carbons (Fsp3) is 0.421. The molecule has 2 aromatic carbocycles.